The second-order valence-electron chi connectivity index (χ2n) is 11.1. The number of ketones is 1. The van der Waals surface area contributed by atoms with Crippen molar-refractivity contribution in [2.75, 3.05) is 19.7 Å². The number of unbranched alkanes of at least 4 members (excludes halogenated alkanes) is 1. The third-order valence-corrected chi connectivity index (χ3v) is 9.97. The molecule has 0 spiro atoms. The summed E-state index contributed by atoms with van der Waals surface area (Å²) >= 11 is 0. The fourth-order valence-corrected chi connectivity index (χ4v) is 7.45. The van der Waals surface area contributed by atoms with E-state index < -0.39 is 51.7 Å². The molecular formula is C28H40N4O7S. The Morgan fingerprint density at radius 1 is 1.07 bits per heavy atom. The fourth-order valence-electron chi connectivity index (χ4n) is 5.95. The first-order chi connectivity index (χ1) is 19.1. The molecule has 0 bridgehead atoms. The van der Waals surface area contributed by atoms with Crippen molar-refractivity contribution in [3.8, 4) is 0 Å². The largest absolute Gasteiger partial charge is 0.460 e. The number of ether oxygens (including phenoxy) is 1. The lowest BCUT2D eigenvalue weighted by Gasteiger charge is -2.39. The van der Waals surface area contributed by atoms with E-state index in [0.29, 0.717) is 50.5 Å². The summed E-state index contributed by atoms with van der Waals surface area (Å²) in [5, 5.41) is 2.79. The molecule has 0 unspecified atom stereocenters. The van der Waals surface area contributed by atoms with Crippen LogP contribution in [-0.2, 0) is 39.7 Å². The molecule has 12 heteroatoms. The van der Waals surface area contributed by atoms with Crippen LogP contribution in [0.3, 0.4) is 0 Å². The maximum Gasteiger partial charge on any atom is 0.376 e. The van der Waals surface area contributed by atoms with Gasteiger partial charge in [0.25, 0.3) is 5.78 Å². The summed E-state index contributed by atoms with van der Waals surface area (Å²) in [5.41, 5.74) is 6.67. The van der Waals surface area contributed by atoms with E-state index in [0.717, 1.165) is 6.42 Å². The highest BCUT2D eigenvalue weighted by atomic mass is 32.2. The van der Waals surface area contributed by atoms with Crippen LogP contribution in [-0.4, -0.2) is 85.1 Å². The number of sulfonamides is 1. The minimum Gasteiger partial charge on any atom is -0.460 e. The number of carbonyl (C=O) groups excluding carboxylic acids is 4. The summed E-state index contributed by atoms with van der Waals surface area (Å²) in [6.45, 7) is 1.84. The zero-order valence-corrected chi connectivity index (χ0v) is 23.8. The summed E-state index contributed by atoms with van der Waals surface area (Å²) in [4.78, 5) is 53.8. The first-order valence-electron chi connectivity index (χ1n) is 14.2. The molecule has 3 N–H and O–H groups in total. The molecule has 4 rings (SSSR count). The van der Waals surface area contributed by atoms with Crippen molar-refractivity contribution in [2.24, 2.45) is 11.7 Å². The summed E-state index contributed by atoms with van der Waals surface area (Å²) in [6, 6.07) is 6.46. The van der Waals surface area contributed by atoms with Gasteiger partial charge in [0.1, 0.15) is 12.1 Å². The minimum atomic E-state index is -3.74. The number of nitrogens with one attached hydrogen (secondary N) is 1. The maximum atomic E-state index is 13.5. The van der Waals surface area contributed by atoms with Gasteiger partial charge in [0.15, 0.2) is 0 Å². The number of hydrogen-bond acceptors (Lipinski definition) is 8. The molecule has 1 saturated carbocycles. The van der Waals surface area contributed by atoms with Crippen molar-refractivity contribution < 1.29 is 32.3 Å². The van der Waals surface area contributed by atoms with Crippen molar-refractivity contribution in [1.29, 1.82) is 0 Å². The van der Waals surface area contributed by atoms with Crippen LogP contribution < -0.4 is 11.1 Å². The zero-order valence-electron chi connectivity index (χ0n) is 23.0. The van der Waals surface area contributed by atoms with Gasteiger partial charge in [-0.25, -0.2) is 13.2 Å². The molecule has 11 nitrogen and oxygen atoms in total. The maximum absolute atomic E-state index is 13.5. The Labute approximate surface area is 235 Å². The van der Waals surface area contributed by atoms with Crippen LogP contribution in [0.1, 0.15) is 63.9 Å². The lowest BCUT2D eigenvalue weighted by atomic mass is 9.80. The second-order valence-corrected chi connectivity index (χ2v) is 13.1. The van der Waals surface area contributed by atoms with Gasteiger partial charge in [-0.2, -0.15) is 4.31 Å². The van der Waals surface area contributed by atoms with Crippen molar-refractivity contribution in [1.82, 2.24) is 14.5 Å². The number of nitrogens with two attached hydrogens (primary N) is 1. The molecule has 0 radical (unpaired) electrons. The summed E-state index contributed by atoms with van der Waals surface area (Å²) in [6.07, 6.45) is 4.77. The van der Waals surface area contributed by atoms with E-state index in [1.54, 1.807) is 30.3 Å². The quantitative estimate of drug-likeness (QED) is 0.225. The number of Topliss-reactive ketones (excluding diaryl/α,β-unsaturated/α-hetero) is 1. The average Bonchev–Trinajstić information content (AvgIpc) is 3.37. The SMILES string of the molecule is CCCCOC(=O)C(=O)[C@@H](NC(=O)[C@@H]1CC[C@H]2CN(S(=O)(=O)Cc3ccccc3)CC(=O)N21)C1CCC(N)CC1. The van der Waals surface area contributed by atoms with E-state index in [2.05, 4.69) is 5.32 Å². The predicted octanol–water partition coefficient (Wildman–Crippen LogP) is 1.11. The summed E-state index contributed by atoms with van der Waals surface area (Å²) in [7, 11) is -3.74. The number of hydrogen-bond donors (Lipinski definition) is 2. The second kappa shape index (κ2) is 13.2. The van der Waals surface area contributed by atoms with Crippen LogP contribution in [0, 0.1) is 5.92 Å². The molecule has 1 aliphatic carbocycles. The number of fused-ring (bicyclic) bond motifs is 1. The van der Waals surface area contributed by atoms with E-state index in [-0.39, 0.29) is 37.4 Å². The van der Waals surface area contributed by atoms with E-state index in [1.807, 2.05) is 6.92 Å². The lowest BCUT2D eigenvalue weighted by molar-refractivity contribution is -0.156. The average molecular weight is 577 g/mol. The minimum absolute atomic E-state index is 0.0156. The molecule has 220 valence electrons. The molecule has 40 heavy (non-hydrogen) atoms. The molecule has 2 heterocycles. The molecule has 1 aromatic rings. The predicted molar refractivity (Wildman–Crippen MR) is 147 cm³/mol. The van der Waals surface area contributed by atoms with Gasteiger partial charge in [-0.3, -0.25) is 14.4 Å². The Bertz CT molecular complexity index is 1180. The third-order valence-electron chi connectivity index (χ3n) is 8.20. The third kappa shape index (κ3) is 7.08. The zero-order chi connectivity index (χ0) is 28.9. The molecule has 0 aromatic heterocycles. The fraction of sp³-hybridized carbons (Fsp3) is 0.643. The van der Waals surface area contributed by atoms with Gasteiger partial charge in [0, 0.05) is 18.6 Å². The van der Waals surface area contributed by atoms with Crippen LogP contribution in [0.2, 0.25) is 0 Å². The summed E-state index contributed by atoms with van der Waals surface area (Å²) < 4.78 is 32.5. The number of rotatable bonds is 11. The Morgan fingerprint density at radius 3 is 2.45 bits per heavy atom. The molecule has 2 saturated heterocycles. The number of esters is 1. The van der Waals surface area contributed by atoms with Gasteiger partial charge in [0.2, 0.25) is 21.8 Å². The van der Waals surface area contributed by atoms with Gasteiger partial charge in [-0.15, -0.1) is 0 Å². The van der Waals surface area contributed by atoms with E-state index in [1.165, 1.54) is 9.21 Å². The Morgan fingerprint density at radius 2 is 1.77 bits per heavy atom. The van der Waals surface area contributed by atoms with Crippen LogP contribution in [0.25, 0.3) is 0 Å². The molecular weight excluding hydrogens is 536 g/mol. The topological polar surface area (TPSA) is 156 Å². The van der Waals surface area contributed by atoms with Crippen LogP contribution >= 0.6 is 0 Å². The van der Waals surface area contributed by atoms with E-state index in [4.69, 9.17) is 10.5 Å². The monoisotopic (exact) mass is 576 g/mol. The van der Waals surface area contributed by atoms with Crippen molar-refractivity contribution in [3.05, 3.63) is 35.9 Å². The number of benzene rings is 1. The van der Waals surface area contributed by atoms with Crippen LogP contribution in [0.15, 0.2) is 30.3 Å². The first-order valence-corrected chi connectivity index (χ1v) is 15.8. The van der Waals surface area contributed by atoms with E-state index in [9.17, 15) is 27.6 Å². The van der Waals surface area contributed by atoms with Gasteiger partial charge in [-0.05, 0) is 56.4 Å². The van der Waals surface area contributed by atoms with E-state index >= 15 is 0 Å². The van der Waals surface area contributed by atoms with Gasteiger partial charge in [-0.1, -0.05) is 43.7 Å². The number of nitrogens with zero attached hydrogens (tertiary/aromatic N) is 2. The van der Waals surface area contributed by atoms with Crippen molar-refractivity contribution in [2.45, 2.75) is 88.2 Å². The highest BCUT2D eigenvalue weighted by molar-refractivity contribution is 7.88. The lowest BCUT2D eigenvalue weighted by Crippen LogP contribution is -2.61. The Hall–Kier alpha value is -2.83. The number of carbonyl (C=O) groups is 4. The van der Waals surface area contributed by atoms with Gasteiger partial charge >= 0.3 is 5.97 Å². The number of piperazine rings is 1. The van der Waals surface area contributed by atoms with Crippen LogP contribution in [0.5, 0.6) is 0 Å². The highest BCUT2D eigenvalue weighted by Gasteiger charge is 2.48. The molecule has 3 atom stereocenters. The first kappa shape index (κ1) is 30.1. The van der Waals surface area contributed by atoms with Crippen molar-refractivity contribution >= 4 is 33.6 Å². The smallest absolute Gasteiger partial charge is 0.376 e. The molecule has 1 aromatic carbocycles. The van der Waals surface area contributed by atoms with Crippen LogP contribution in [0.4, 0.5) is 0 Å². The Balaban J connectivity index is 1.43. The highest BCUT2D eigenvalue weighted by Crippen LogP contribution is 2.31. The number of amides is 2. The Kier molecular flexibility index (Phi) is 9.96. The summed E-state index contributed by atoms with van der Waals surface area (Å²) in [5.74, 6) is -3.18. The molecule has 3 fully saturated rings. The van der Waals surface area contributed by atoms with Gasteiger partial charge in [0.05, 0.1) is 18.9 Å². The molecule has 3 aliphatic rings. The normalized spacial score (nSPS) is 26.1. The molecule has 2 aliphatic heterocycles. The standard InChI is InChI=1S/C28H40N4O7S/c1-2-3-15-39-28(36)26(34)25(20-9-11-21(29)12-10-20)30-27(35)23-14-13-22-16-31(17-24(33)32(22)23)40(37,38)18-19-7-5-4-6-8-19/h4-8,20-23,25H,2-3,9-18,29H2,1H3,(H,30,35)/t20?,21?,22-,23-,25-/m0/s1. The van der Waals surface area contributed by atoms with Gasteiger partial charge < -0.3 is 20.7 Å². The van der Waals surface area contributed by atoms with Crippen molar-refractivity contribution in [3.63, 3.8) is 0 Å². The molecule has 2 amide bonds.